The van der Waals surface area contributed by atoms with Gasteiger partial charge in [-0.1, -0.05) is 25.2 Å². The topological polar surface area (TPSA) is 64.3 Å². The highest BCUT2D eigenvalue weighted by molar-refractivity contribution is 7.80. The van der Waals surface area contributed by atoms with Crippen molar-refractivity contribution >= 4 is 23.1 Å². The lowest BCUT2D eigenvalue weighted by Gasteiger charge is -2.15. The number of hydrogen-bond acceptors (Lipinski definition) is 3. The van der Waals surface area contributed by atoms with Crippen LogP contribution >= 0.6 is 12.2 Å². The van der Waals surface area contributed by atoms with Crippen LogP contribution in [0.5, 0.6) is 5.75 Å². The van der Waals surface area contributed by atoms with E-state index in [-0.39, 0.29) is 11.9 Å². The van der Waals surface area contributed by atoms with Gasteiger partial charge in [0.1, 0.15) is 5.75 Å². The van der Waals surface area contributed by atoms with Gasteiger partial charge in [-0.05, 0) is 31.0 Å². The van der Waals surface area contributed by atoms with Crippen molar-refractivity contribution in [3.63, 3.8) is 0 Å². The molecule has 0 bridgehead atoms. The number of ether oxygens (including phenoxy) is 1. The maximum absolute atomic E-state index is 12.0. The van der Waals surface area contributed by atoms with Crippen molar-refractivity contribution < 1.29 is 9.53 Å². The molecule has 98 valence electrons. The first-order chi connectivity index (χ1) is 8.49. The third kappa shape index (κ3) is 3.43. The zero-order valence-electron chi connectivity index (χ0n) is 10.8. The van der Waals surface area contributed by atoms with Crippen molar-refractivity contribution in [2.24, 2.45) is 5.73 Å². The Labute approximate surface area is 113 Å². The summed E-state index contributed by atoms with van der Waals surface area (Å²) >= 11 is 4.89. The maximum Gasteiger partial charge on any atom is 0.251 e. The van der Waals surface area contributed by atoms with E-state index in [1.807, 2.05) is 19.9 Å². The second-order valence-electron chi connectivity index (χ2n) is 4.02. The molecule has 0 saturated carbocycles. The molecule has 0 heterocycles. The zero-order chi connectivity index (χ0) is 13.7. The standard InChI is InChI=1S/C13H18N2O2S/c1-4-10(12(14)18)15-13(16)9-6-5-8(2)11(7-9)17-3/h5-7,10H,4H2,1-3H3,(H2,14,18)(H,15,16). The molecule has 1 unspecified atom stereocenters. The Kier molecular flexibility index (Phi) is 5.09. The number of benzene rings is 1. The Morgan fingerprint density at radius 1 is 1.56 bits per heavy atom. The molecule has 0 radical (unpaired) electrons. The van der Waals surface area contributed by atoms with Crippen molar-refractivity contribution in [3.8, 4) is 5.75 Å². The summed E-state index contributed by atoms with van der Waals surface area (Å²) in [5.74, 6) is 0.485. The third-order valence-corrected chi connectivity index (χ3v) is 3.01. The number of methoxy groups -OCH3 is 1. The number of hydrogen-bond donors (Lipinski definition) is 2. The SMILES string of the molecule is CCC(NC(=O)c1ccc(C)c(OC)c1)C(N)=S. The number of nitrogens with one attached hydrogen (secondary N) is 1. The summed E-state index contributed by atoms with van der Waals surface area (Å²) in [5, 5.41) is 2.79. The minimum absolute atomic E-state index is 0.201. The minimum atomic E-state index is -0.278. The lowest BCUT2D eigenvalue weighted by Crippen LogP contribution is -2.43. The van der Waals surface area contributed by atoms with Gasteiger partial charge < -0.3 is 15.8 Å². The summed E-state index contributed by atoms with van der Waals surface area (Å²) in [6.45, 7) is 3.84. The summed E-state index contributed by atoms with van der Waals surface area (Å²) in [7, 11) is 1.58. The van der Waals surface area contributed by atoms with E-state index in [0.29, 0.717) is 22.7 Å². The molecule has 0 saturated heterocycles. The molecular formula is C13H18N2O2S. The third-order valence-electron chi connectivity index (χ3n) is 2.73. The van der Waals surface area contributed by atoms with Crippen molar-refractivity contribution in [1.29, 1.82) is 0 Å². The average molecular weight is 266 g/mol. The van der Waals surface area contributed by atoms with Crippen LogP contribution in [0.1, 0.15) is 29.3 Å². The predicted molar refractivity (Wildman–Crippen MR) is 76.1 cm³/mol. The van der Waals surface area contributed by atoms with Crippen LogP contribution in [-0.4, -0.2) is 24.0 Å². The molecule has 1 aromatic carbocycles. The van der Waals surface area contributed by atoms with Crippen LogP contribution < -0.4 is 15.8 Å². The average Bonchev–Trinajstić information content (AvgIpc) is 2.35. The first kappa shape index (κ1) is 14.4. The van der Waals surface area contributed by atoms with Crippen LogP contribution in [0.3, 0.4) is 0 Å². The molecule has 1 amide bonds. The Morgan fingerprint density at radius 2 is 2.22 bits per heavy atom. The van der Waals surface area contributed by atoms with E-state index in [1.165, 1.54) is 0 Å². The number of carbonyl (C=O) groups is 1. The molecule has 0 fully saturated rings. The first-order valence-corrected chi connectivity index (χ1v) is 6.15. The van der Waals surface area contributed by atoms with Crippen molar-refractivity contribution in [3.05, 3.63) is 29.3 Å². The quantitative estimate of drug-likeness (QED) is 0.798. The largest absolute Gasteiger partial charge is 0.496 e. The maximum atomic E-state index is 12.0. The molecule has 1 aromatic rings. The fourth-order valence-corrected chi connectivity index (χ4v) is 1.80. The van der Waals surface area contributed by atoms with Gasteiger partial charge in [-0.2, -0.15) is 0 Å². The fraction of sp³-hybridized carbons (Fsp3) is 0.385. The molecule has 0 aromatic heterocycles. The summed E-state index contributed by atoms with van der Waals surface area (Å²) in [6, 6.07) is 5.02. The molecule has 18 heavy (non-hydrogen) atoms. The minimum Gasteiger partial charge on any atom is -0.496 e. The second-order valence-corrected chi connectivity index (χ2v) is 4.49. The number of thiocarbonyl (C=S) groups is 1. The van der Waals surface area contributed by atoms with Crippen LogP contribution in [-0.2, 0) is 0 Å². The van der Waals surface area contributed by atoms with Crippen LogP contribution in [0, 0.1) is 6.92 Å². The first-order valence-electron chi connectivity index (χ1n) is 5.74. The Morgan fingerprint density at radius 3 is 2.72 bits per heavy atom. The van der Waals surface area contributed by atoms with Crippen LogP contribution in [0.4, 0.5) is 0 Å². The Hall–Kier alpha value is -1.62. The highest BCUT2D eigenvalue weighted by atomic mass is 32.1. The van der Waals surface area contributed by atoms with Gasteiger partial charge >= 0.3 is 0 Å². The zero-order valence-corrected chi connectivity index (χ0v) is 11.6. The summed E-state index contributed by atoms with van der Waals surface area (Å²) in [4.78, 5) is 12.3. The predicted octanol–water partition coefficient (Wildman–Crippen LogP) is 1.80. The monoisotopic (exact) mass is 266 g/mol. The highest BCUT2D eigenvalue weighted by Crippen LogP contribution is 2.18. The van der Waals surface area contributed by atoms with E-state index in [1.54, 1.807) is 19.2 Å². The van der Waals surface area contributed by atoms with E-state index in [0.717, 1.165) is 5.56 Å². The van der Waals surface area contributed by atoms with Crippen LogP contribution in [0.15, 0.2) is 18.2 Å². The molecular weight excluding hydrogens is 248 g/mol. The summed E-state index contributed by atoms with van der Waals surface area (Å²) in [5.41, 5.74) is 7.06. The van der Waals surface area contributed by atoms with Crippen LogP contribution in [0.2, 0.25) is 0 Å². The van der Waals surface area contributed by atoms with E-state index in [4.69, 9.17) is 22.7 Å². The van der Waals surface area contributed by atoms with Gasteiger partial charge in [-0.3, -0.25) is 4.79 Å². The Balaban J connectivity index is 2.87. The van der Waals surface area contributed by atoms with E-state index >= 15 is 0 Å². The van der Waals surface area contributed by atoms with E-state index < -0.39 is 0 Å². The number of carbonyl (C=O) groups excluding carboxylic acids is 1. The van der Waals surface area contributed by atoms with Crippen molar-refractivity contribution in [2.75, 3.05) is 7.11 Å². The second kappa shape index (κ2) is 6.35. The van der Waals surface area contributed by atoms with Gasteiger partial charge in [0.15, 0.2) is 0 Å². The molecule has 0 spiro atoms. The van der Waals surface area contributed by atoms with Gasteiger partial charge in [-0.25, -0.2) is 0 Å². The summed E-state index contributed by atoms with van der Waals surface area (Å²) in [6.07, 6.45) is 0.671. The van der Waals surface area contributed by atoms with Gasteiger partial charge in [0.2, 0.25) is 0 Å². The van der Waals surface area contributed by atoms with Crippen molar-refractivity contribution in [1.82, 2.24) is 5.32 Å². The molecule has 0 aliphatic heterocycles. The normalized spacial score (nSPS) is 11.7. The smallest absolute Gasteiger partial charge is 0.251 e. The molecule has 3 N–H and O–H groups in total. The fourth-order valence-electron chi connectivity index (χ4n) is 1.58. The molecule has 1 rings (SSSR count). The van der Waals surface area contributed by atoms with Gasteiger partial charge in [0, 0.05) is 5.56 Å². The number of nitrogens with two attached hydrogens (primary N) is 1. The van der Waals surface area contributed by atoms with Gasteiger partial charge in [-0.15, -0.1) is 0 Å². The molecule has 1 atom stereocenters. The number of rotatable bonds is 5. The van der Waals surface area contributed by atoms with E-state index in [9.17, 15) is 4.79 Å². The highest BCUT2D eigenvalue weighted by Gasteiger charge is 2.15. The van der Waals surface area contributed by atoms with Gasteiger partial charge in [0.25, 0.3) is 5.91 Å². The lowest BCUT2D eigenvalue weighted by molar-refractivity contribution is 0.0946. The Bertz CT molecular complexity index is 460. The molecule has 4 nitrogen and oxygen atoms in total. The van der Waals surface area contributed by atoms with Gasteiger partial charge in [0.05, 0.1) is 18.1 Å². The van der Waals surface area contributed by atoms with E-state index in [2.05, 4.69) is 5.32 Å². The molecule has 5 heteroatoms. The number of amides is 1. The van der Waals surface area contributed by atoms with Crippen molar-refractivity contribution in [2.45, 2.75) is 26.3 Å². The molecule has 0 aliphatic carbocycles. The number of aryl methyl sites for hydroxylation is 1. The van der Waals surface area contributed by atoms with Crippen LogP contribution in [0.25, 0.3) is 0 Å². The lowest BCUT2D eigenvalue weighted by atomic mass is 10.1. The molecule has 0 aliphatic rings. The summed E-state index contributed by atoms with van der Waals surface area (Å²) < 4.78 is 5.18.